The fraction of sp³-hybridized carbons (Fsp3) is 0.765. The third kappa shape index (κ3) is 13.6. The van der Waals surface area contributed by atoms with E-state index in [9.17, 15) is 9.59 Å². The number of unbranched alkanes of at least 4 members (excludes halogenated alkanes) is 2. The first-order valence-corrected chi connectivity index (χ1v) is 7.98. The number of quaternary nitrogens is 1. The molecule has 0 spiro atoms. The fourth-order valence-corrected chi connectivity index (χ4v) is 2.09. The summed E-state index contributed by atoms with van der Waals surface area (Å²) in [4.78, 5) is 22.7. The number of ether oxygens (including phenoxy) is 1. The molecule has 0 saturated heterocycles. The van der Waals surface area contributed by atoms with E-state index < -0.39 is 12.1 Å². The molecule has 0 aliphatic heterocycles. The zero-order chi connectivity index (χ0) is 17.2. The average Bonchev–Trinajstić information content (AvgIpc) is 2.29. The molecule has 0 saturated carbocycles. The summed E-state index contributed by atoms with van der Waals surface area (Å²) in [7, 11) is 5.84. The Bertz CT molecular complexity index is 369. The summed E-state index contributed by atoms with van der Waals surface area (Å²) in [5, 5.41) is 8.91. The first kappa shape index (κ1) is 20.6. The maximum Gasteiger partial charge on any atom is 0.307 e. The van der Waals surface area contributed by atoms with E-state index >= 15 is 0 Å². The van der Waals surface area contributed by atoms with Crippen molar-refractivity contribution in [3.05, 3.63) is 12.2 Å². The van der Waals surface area contributed by atoms with Gasteiger partial charge in [-0.05, 0) is 25.2 Å². The van der Waals surface area contributed by atoms with Crippen LogP contribution in [0.25, 0.3) is 0 Å². The summed E-state index contributed by atoms with van der Waals surface area (Å²) in [5.74, 6) is -0.685. The third-order valence-electron chi connectivity index (χ3n) is 2.97. The van der Waals surface area contributed by atoms with Crippen molar-refractivity contribution in [3.63, 3.8) is 0 Å². The van der Waals surface area contributed by atoms with Crippen LogP contribution in [0.2, 0.25) is 0 Å². The van der Waals surface area contributed by atoms with Crippen LogP contribution < -0.4 is 0 Å². The van der Waals surface area contributed by atoms with Crippen LogP contribution in [0.15, 0.2) is 12.2 Å². The molecule has 0 aromatic carbocycles. The Balaban J connectivity index is 4.09. The average molecular weight is 314 g/mol. The van der Waals surface area contributed by atoms with Gasteiger partial charge < -0.3 is 14.3 Å². The lowest BCUT2D eigenvalue weighted by Gasteiger charge is -2.28. The second-order valence-corrected chi connectivity index (χ2v) is 7.10. The van der Waals surface area contributed by atoms with Gasteiger partial charge in [-0.15, -0.1) is 0 Å². The molecule has 1 N–H and O–H groups in total. The van der Waals surface area contributed by atoms with Gasteiger partial charge >= 0.3 is 11.9 Å². The monoisotopic (exact) mass is 314 g/mol. The third-order valence-corrected chi connectivity index (χ3v) is 2.97. The minimum atomic E-state index is -0.940. The van der Waals surface area contributed by atoms with E-state index in [1.54, 1.807) is 0 Å². The fourth-order valence-electron chi connectivity index (χ4n) is 2.09. The number of hydrogen-bond acceptors (Lipinski definition) is 3. The highest BCUT2D eigenvalue weighted by Crippen LogP contribution is 2.09. The van der Waals surface area contributed by atoms with E-state index in [0.717, 1.165) is 19.3 Å². The van der Waals surface area contributed by atoms with E-state index in [4.69, 9.17) is 9.84 Å². The summed E-state index contributed by atoms with van der Waals surface area (Å²) in [6.45, 7) is 4.75. The number of carbonyl (C=O) groups excluding carboxylic acids is 1. The predicted molar refractivity (Wildman–Crippen MR) is 87.5 cm³/mol. The highest BCUT2D eigenvalue weighted by Gasteiger charge is 2.24. The number of carboxylic acid groups (broad SMARTS) is 1. The van der Waals surface area contributed by atoms with E-state index in [1.807, 2.05) is 21.1 Å². The van der Waals surface area contributed by atoms with E-state index in [-0.39, 0.29) is 12.4 Å². The molecule has 0 radical (unpaired) electrons. The first-order chi connectivity index (χ1) is 10.1. The molecule has 0 aromatic heterocycles. The lowest BCUT2D eigenvalue weighted by Crippen LogP contribution is -2.43. The molecule has 0 fully saturated rings. The smallest absolute Gasteiger partial charge is 0.307 e. The molecule has 5 heteroatoms. The molecule has 0 rings (SSSR count). The van der Waals surface area contributed by atoms with Crippen LogP contribution in [-0.2, 0) is 14.3 Å². The molecule has 22 heavy (non-hydrogen) atoms. The predicted octanol–water partition coefficient (Wildman–Crippen LogP) is 2.85. The second kappa shape index (κ2) is 10.4. The normalized spacial score (nSPS) is 13.5. The molecule has 0 aromatic rings. The molecule has 1 atom stereocenters. The molecular weight excluding hydrogens is 282 g/mol. The molecule has 0 bridgehead atoms. The Hall–Kier alpha value is -1.36. The van der Waals surface area contributed by atoms with Crippen molar-refractivity contribution in [2.24, 2.45) is 5.92 Å². The molecule has 128 valence electrons. The van der Waals surface area contributed by atoms with Crippen LogP contribution in [0.4, 0.5) is 0 Å². The van der Waals surface area contributed by atoms with Crippen molar-refractivity contribution in [3.8, 4) is 0 Å². The van der Waals surface area contributed by atoms with Crippen LogP contribution in [0.5, 0.6) is 0 Å². The number of hydrogen-bond donors (Lipinski definition) is 1. The van der Waals surface area contributed by atoms with Gasteiger partial charge in [0.2, 0.25) is 0 Å². The Morgan fingerprint density at radius 2 is 1.82 bits per heavy atom. The van der Waals surface area contributed by atoms with Gasteiger partial charge in [0.15, 0.2) is 6.10 Å². The number of allylic oxidation sites excluding steroid dienone is 2. The van der Waals surface area contributed by atoms with Crippen LogP contribution >= 0.6 is 0 Å². The van der Waals surface area contributed by atoms with Gasteiger partial charge in [-0.3, -0.25) is 9.59 Å². The Kier molecular flexibility index (Phi) is 9.74. The lowest BCUT2D eigenvalue weighted by molar-refractivity contribution is -0.873. The van der Waals surface area contributed by atoms with Gasteiger partial charge in [0.05, 0.1) is 27.6 Å². The number of carboxylic acids is 1. The van der Waals surface area contributed by atoms with Crippen molar-refractivity contribution >= 4 is 11.9 Å². The van der Waals surface area contributed by atoms with Crippen molar-refractivity contribution in [2.45, 2.75) is 52.1 Å². The van der Waals surface area contributed by atoms with Gasteiger partial charge in [-0.1, -0.05) is 26.0 Å². The summed E-state index contributed by atoms with van der Waals surface area (Å²) in [5.41, 5.74) is 0. The van der Waals surface area contributed by atoms with Crippen LogP contribution in [-0.4, -0.2) is 55.3 Å². The van der Waals surface area contributed by atoms with E-state index in [0.29, 0.717) is 23.4 Å². The highest BCUT2D eigenvalue weighted by molar-refractivity contribution is 5.71. The molecule has 0 aliphatic rings. The van der Waals surface area contributed by atoms with Crippen LogP contribution in [0, 0.1) is 5.92 Å². The number of likely N-dealkylation sites (N-methyl/N-ethyl adjacent to an activating group) is 1. The van der Waals surface area contributed by atoms with E-state index in [1.165, 1.54) is 0 Å². The van der Waals surface area contributed by atoms with Gasteiger partial charge in [-0.2, -0.15) is 0 Å². The molecular formula is C17H32NO4+. The summed E-state index contributed by atoms with van der Waals surface area (Å²) in [6, 6.07) is 0. The van der Waals surface area contributed by atoms with Crippen LogP contribution in [0.3, 0.4) is 0 Å². The SMILES string of the molecule is CC(C)/C=C/CCCCC(=O)OC(CC(=O)O)C[N+](C)(C)C. The number of carbonyl (C=O) groups is 2. The van der Waals surface area contributed by atoms with Crippen molar-refractivity contribution in [2.75, 3.05) is 27.7 Å². The molecule has 0 heterocycles. The van der Waals surface area contributed by atoms with Gasteiger partial charge in [0.25, 0.3) is 0 Å². The van der Waals surface area contributed by atoms with Gasteiger partial charge in [-0.25, -0.2) is 0 Å². The second-order valence-electron chi connectivity index (χ2n) is 7.10. The first-order valence-electron chi connectivity index (χ1n) is 7.98. The topological polar surface area (TPSA) is 63.6 Å². The van der Waals surface area contributed by atoms with E-state index in [2.05, 4.69) is 26.0 Å². The Labute approximate surface area is 134 Å². The zero-order valence-electron chi connectivity index (χ0n) is 14.7. The minimum absolute atomic E-state index is 0.140. The number of aliphatic carboxylic acids is 1. The summed E-state index contributed by atoms with van der Waals surface area (Å²) < 4.78 is 5.89. The number of nitrogens with zero attached hydrogens (tertiary/aromatic N) is 1. The molecule has 0 amide bonds. The highest BCUT2D eigenvalue weighted by atomic mass is 16.5. The summed E-state index contributed by atoms with van der Waals surface area (Å²) in [6.07, 6.45) is 6.61. The standard InChI is InChI=1S/C17H31NO4/c1-14(2)10-8-6-7-9-11-17(21)22-15(12-16(19)20)13-18(3,4)5/h8,10,14-15H,6-7,9,11-13H2,1-5H3/p+1/b10-8+. The maximum atomic E-state index is 11.8. The maximum absolute atomic E-state index is 11.8. The van der Waals surface area contributed by atoms with Gasteiger partial charge in [0, 0.05) is 6.42 Å². The summed E-state index contributed by atoms with van der Waals surface area (Å²) >= 11 is 0. The molecule has 0 aliphatic carbocycles. The van der Waals surface area contributed by atoms with Gasteiger partial charge in [0.1, 0.15) is 6.54 Å². The Morgan fingerprint density at radius 3 is 2.32 bits per heavy atom. The quantitative estimate of drug-likeness (QED) is 0.276. The molecule has 5 nitrogen and oxygen atoms in total. The van der Waals surface area contributed by atoms with Crippen molar-refractivity contribution in [1.29, 1.82) is 0 Å². The molecule has 1 unspecified atom stereocenters. The van der Waals surface area contributed by atoms with Crippen molar-refractivity contribution in [1.82, 2.24) is 0 Å². The zero-order valence-corrected chi connectivity index (χ0v) is 14.7. The Morgan fingerprint density at radius 1 is 1.18 bits per heavy atom. The largest absolute Gasteiger partial charge is 0.481 e. The minimum Gasteiger partial charge on any atom is -0.481 e. The number of rotatable bonds is 11. The lowest BCUT2D eigenvalue weighted by atomic mass is 10.1. The number of esters is 1. The van der Waals surface area contributed by atoms with Crippen LogP contribution in [0.1, 0.15) is 46.0 Å². The van der Waals surface area contributed by atoms with Crippen molar-refractivity contribution < 1.29 is 23.9 Å².